The van der Waals surface area contributed by atoms with Crippen molar-refractivity contribution in [1.82, 2.24) is 9.97 Å². The van der Waals surface area contributed by atoms with Crippen LogP contribution in [0.4, 0.5) is 0 Å². The SMILES string of the molecule is CC(C)c1cc2c(=O)cc(C(=O)O)[nH]c2c2c(=O)cc(C(=O)O)[nH]c12. The van der Waals surface area contributed by atoms with E-state index in [1.807, 2.05) is 13.8 Å². The van der Waals surface area contributed by atoms with Gasteiger partial charge in [0.2, 0.25) is 0 Å². The minimum atomic E-state index is -1.33. The number of carboxylic acids is 2. The van der Waals surface area contributed by atoms with Crippen LogP contribution in [0.1, 0.15) is 46.3 Å². The van der Waals surface area contributed by atoms with Crippen LogP contribution in [-0.2, 0) is 0 Å². The van der Waals surface area contributed by atoms with E-state index in [9.17, 15) is 19.2 Å². The van der Waals surface area contributed by atoms with Gasteiger partial charge in [0, 0.05) is 17.5 Å². The largest absolute Gasteiger partial charge is 0.477 e. The lowest BCUT2D eigenvalue weighted by molar-refractivity contribution is 0.0680. The molecule has 0 unspecified atom stereocenters. The molecule has 0 spiro atoms. The van der Waals surface area contributed by atoms with Gasteiger partial charge in [0.15, 0.2) is 10.9 Å². The number of rotatable bonds is 3. The van der Waals surface area contributed by atoms with E-state index in [0.29, 0.717) is 5.56 Å². The van der Waals surface area contributed by atoms with Gasteiger partial charge in [0.1, 0.15) is 11.4 Å². The number of aromatic carboxylic acids is 2. The number of aromatic nitrogens is 2. The Labute approximate surface area is 139 Å². The Morgan fingerprint density at radius 1 is 0.880 bits per heavy atom. The average molecular weight is 342 g/mol. The molecule has 1 aromatic carbocycles. The van der Waals surface area contributed by atoms with Crippen molar-refractivity contribution in [2.45, 2.75) is 19.8 Å². The van der Waals surface area contributed by atoms with E-state index >= 15 is 0 Å². The number of carbonyl (C=O) groups is 2. The topological polar surface area (TPSA) is 140 Å². The van der Waals surface area contributed by atoms with Crippen LogP contribution < -0.4 is 10.9 Å². The number of nitrogens with one attached hydrogen (secondary N) is 2. The van der Waals surface area contributed by atoms with Crippen LogP contribution in [0.3, 0.4) is 0 Å². The highest BCUT2D eigenvalue weighted by molar-refractivity contribution is 6.07. The molecule has 3 aromatic rings. The van der Waals surface area contributed by atoms with Gasteiger partial charge in [0.25, 0.3) is 0 Å². The van der Waals surface area contributed by atoms with Gasteiger partial charge >= 0.3 is 11.9 Å². The Morgan fingerprint density at radius 2 is 1.40 bits per heavy atom. The molecule has 0 atom stereocenters. The second kappa shape index (κ2) is 5.59. The van der Waals surface area contributed by atoms with Crippen molar-refractivity contribution in [3.63, 3.8) is 0 Å². The molecule has 3 rings (SSSR count). The van der Waals surface area contributed by atoms with Crippen LogP contribution in [0.2, 0.25) is 0 Å². The van der Waals surface area contributed by atoms with E-state index in [1.165, 1.54) is 0 Å². The highest BCUT2D eigenvalue weighted by Gasteiger charge is 2.19. The van der Waals surface area contributed by atoms with Crippen molar-refractivity contribution in [1.29, 1.82) is 0 Å². The van der Waals surface area contributed by atoms with E-state index in [0.717, 1.165) is 12.1 Å². The average Bonchev–Trinajstić information content (AvgIpc) is 2.53. The van der Waals surface area contributed by atoms with Crippen molar-refractivity contribution in [3.8, 4) is 0 Å². The number of aromatic amines is 2. The fraction of sp³-hybridized carbons (Fsp3) is 0.176. The molecule has 8 nitrogen and oxygen atoms in total. The third kappa shape index (κ3) is 2.57. The lowest BCUT2D eigenvalue weighted by Gasteiger charge is -2.13. The summed E-state index contributed by atoms with van der Waals surface area (Å²) in [5, 5.41) is 18.5. The Hall–Kier alpha value is -3.42. The minimum absolute atomic E-state index is 0.0615. The minimum Gasteiger partial charge on any atom is -0.477 e. The normalized spacial score (nSPS) is 11.3. The van der Waals surface area contributed by atoms with Gasteiger partial charge in [-0.3, -0.25) is 9.59 Å². The molecular weight excluding hydrogens is 328 g/mol. The maximum atomic E-state index is 12.5. The standard InChI is InChI=1S/C17H14N2O6/c1-6(2)7-3-8-11(20)4-9(16(22)23)19-15(8)13-12(21)5-10(17(24)25)18-14(7)13/h3-6H,1-2H3,(H,18,21)(H,19,20)(H,22,23)(H,24,25). The molecule has 0 saturated carbocycles. The van der Waals surface area contributed by atoms with Gasteiger partial charge in [-0.05, 0) is 17.5 Å². The quantitative estimate of drug-likeness (QED) is 0.536. The van der Waals surface area contributed by atoms with Gasteiger partial charge < -0.3 is 20.2 Å². The fourth-order valence-corrected chi connectivity index (χ4v) is 2.85. The third-order valence-corrected chi connectivity index (χ3v) is 4.02. The predicted molar refractivity (Wildman–Crippen MR) is 90.7 cm³/mol. The maximum absolute atomic E-state index is 12.5. The second-order valence-corrected chi connectivity index (χ2v) is 6.00. The van der Waals surface area contributed by atoms with Crippen LogP contribution in [0.25, 0.3) is 21.8 Å². The molecule has 0 aliphatic carbocycles. The van der Waals surface area contributed by atoms with Gasteiger partial charge in [-0.25, -0.2) is 9.59 Å². The van der Waals surface area contributed by atoms with Crippen molar-refractivity contribution < 1.29 is 19.8 Å². The van der Waals surface area contributed by atoms with Crippen LogP contribution in [0, 0.1) is 0 Å². The number of H-pyrrole nitrogens is 2. The Bertz CT molecular complexity index is 1170. The first-order valence-electron chi connectivity index (χ1n) is 7.44. The molecule has 0 aliphatic rings. The maximum Gasteiger partial charge on any atom is 0.352 e. The monoisotopic (exact) mass is 342 g/mol. The summed E-state index contributed by atoms with van der Waals surface area (Å²) in [6.45, 7) is 3.68. The molecule has 25 heavy (non-hydrogen) atoms. The van der Waals surface area contributed by atoms with E-state index in [2.05, 4.69) is 9.97 Å². The molecule has 0 aliphatic heterocycles. The zero-order valence-corrected chi connectivity index (χ0v) is 13.3. The number of hydrogen-bond acceptors (Lipinski definition) is 4. The van der Waals surface area contributed by atoms with Crippen molar-refractivity contribution >= 4 is 33.7 Å². The van der Waals surface area contributed by atoms with E-state index in [-0.39, 0.29) is 39.1 Å². The molecule has 8 heteroatoms. The summed E-state index contributed by atoms with van der Waals surface area (Å²) < 4.78 is 0. The molecule has 0 saturated heterocycles. The molecular formula is C17H14N2O6. The van der Waals surface area contributed by atoms with Gasteiger partial charge in [-0.15, -0.1) is 0 Å². The third-order valence-electron chi connectivity index (χ3n) is 4.02. The summed E-state index contributed by atoms with van der Waals surface area (Å²) >= 11 is 0. The summed E-state index contributed by atoms with van der Waals surface area (Å²) in [5.41, 5.74) is -0.842. The number of hydrogen-bond donors (Lipinski definition) is 4. The zero-order valence-electron chi connectivity index (χ0n) is 13.3. The summed E-state index contributed by atoms with van der Waals surface area (Å²) in [6.07, 6.45) is 0. The van der Waals surface area contributed by atoms with Gasteiger partial charge in [-0.2, -0.15) is 0 Å². The Balaban J connectivity index is 2.64. The first-order valence-corrected chi connectivity index (χ1v) is 7.44. The number of benzene rings is 1. The first kappa shape index (κ1) is 16.4. The summed E-state index contributed by atoms with van der Waals surface area (Å²) in [7, 11) is 0. The molecule has 4 N–H and O–H groups in total. The van der Waals surface area contributed by atoms with E-state index < -0.39 is 22.8 Å². The molecule has 0 bridgehead atoms. The smallest absolute Gasteiger partial charge is 0.352 e. The van der Waals surface area contributed by atoms with Gasteiger partial charge in [-0.1, -0.05) is 13.8 Å². The van der Waals surface area contributed by atoms with Crippen molar-refractivity contribution in [2.75, 3.05) is 0 Å². The molecule has 2 aromatic heterocycles. The second-order valence-electron chi connectivity index (χ2n) is 6.00. The fourth-order valence-electron chi connectivity index (χ4n) is 2.85. The highest BCUT2D eigenvalue weighted by Crippen LogP contribution is 2.28. The highest BCUT2D eigenvalue weighted by atomic mass is 16.4. The molecule has 0 radical (unpaired) electrons. The number of fused-ring (bicyclic) bond motifs is 3. The van der Waals surface area contributed by atoms with E-state index in [4.69, 9.17) is 10.2 Å². The van der Waals surface area contributed by atoms with Crippen LogP contribution >= 0.6 is 0 Å². The summed E-state index contributed by atoms with van der Waals surface area (Å²) in [5.74, 6) is -2.73. The summed E-state index contributed by atoms with van der Waals surface area (Å²) in [6, 6.07) is 3.43. The van der Waals surface area contributed by atoms with Gasteiger partial charge in [0.05, 0.1) is 16.4 Å². The number of carboxylic acid groups (broad SMARTS) is 2. The lowest BCUT2D eigenvalue weighted by atomic mass is 9.96. The molecule has 2 heterocycles. The zero-order chi connectivity index (χ0) is 18.5. The number of pyridine rings is 2. The predicted octanol–water partition coefficient (Wildman–Crippen LogP) is 1.89. The van der Waals surface area contributed by atoms with Crippen LogP contribution in [0.15, 0.2) is 27.8 Å². The van der Waals surface area contributed by atoms with E-state index in [1.54, 1.807) is 6.07 Å². The first-order chi connectivity index (χ1) is 11.7. The van der Waals surface area contributed by atoms with Crippen molar-refractivity contribution in [2.24, 2.45) is 0 Å². The molecule has 0 fully saturated rings. The lowest BCUT2D eigenvalue weighted by Crippen LogP contribution is -2.15. The molecule has 0 amide bonds. The van der Waals surface area contributed by atoms with Crippen LogP contribution in [-0.4, -0.2) is 32.1 Å². The Morgan fingerprint density at radius 3 is 1.92 bits per heavy atom. The molecule has 128 valence electrons. The Kier molecular flexibility index (Phi) is 3.67. The summed E-state index contributed by atoms with van der Waals surface area (Å²) in [4.78, 5) is 52.6. The van der Waals surface area contributed by atoms with Crippen LogP contribution in [0.5, 0.6) is 0 Å². The van der Waals surface area contributed by atoms with Crippen molar-refractivity contribution in [3.05, 3.63) is 55.6 Å².